The molecule has 0 saturated carbocycles. The highest BCUT2D eigenvalue weighted by Gasteiger charge is 2.42. The minimum absolute atomic E-state index is 0.126. The number of rotatable bonds is 0. The van der Waals surface area contributed by atoms with Crippen molar-refractivity contribution in [1.29, 1.82) is 0 Å². The zero-order valence-electron chi connectivity index (χ0n) is 8.32. The number of amides is 1. The van der Waals surface area contributed by atoms with E-state index in [1.807, 2.05) is 4.90 Å². The molecule has 0 spiro atoms. The van der Waals surface area contributed by atoms with Crippen LogP contribution in [0.5, 0.6) is 0 Å². The topological polar surface area (TPSA) is 29.5 Å². The van der Waals surface area contributed by atoms with Crippen LogP contribution in [-0.2, 0) is 4.74 Å². The van der Waals surface area contributed by atoms with Gasteiger partial charge >= 0.3 is 6.09 Å². The fraction of sp³-hybridized carbons (Fsp3) is 0.900. The summed E-state index contributed by atoms with van der Waals surface area (Å²) in [6, 6.07) is 0.919. The number of hydrogen-bond acceptors (Lipinski definition) is 2. The molecule has 0 aromatic rings. The highest BCUT2D eigenvalue weighted by molar-refractivity contribution is 5.69. The number of fused-ring (bicyclic) bond motifs is 2. The maximum absolute atomic E-state index is 11.4. The highest BCUT2D eigenvalue weighted by Crippen LogP contribution is 2.38. The number of ether oxygens (including phenoxy) is 1. The van der Waals surface area contributed by atoms with E-state index in [0.717, 1.165) is 18.8 Å². The molecular formula is C10H17NO2. The van der Waals surface area contributed by atoms with E-state index in [1.165, 1.54) is 20.0 Å². The number of hydrogen-bond donors (Lipinski definition) is 0. The van der Waals surface area contributed by atoms with Gasteiger partial charge in [0.25, 0.3) is 0 Å². The Balaban J connectivity index is 2.10. The molecule has 2 heterocycles. The lowest BCUT2D eigenvalue weighted by molar-refractivity contribution is 0.0739. The van der Waals surface area contributed by atoms with Crippen molar-refractivity contribution < 1.29 is 9.53 Å². The summed E-state index contributed by atoms with van der Waals surface area (Å²) in [6.07, 6.45) is 4.53. The van der Waals surface area contributed by atoms with Crippen molar-refractivity contribution in [2.75, 3.05) is 7.11 Å². The molecule has 2 bridgehead atoms. The van der Waals surface area contributed by atoms with Crippen molar-refractivity contribution in [2.45, 2.75) is 44.7 Å². The van der Waals surface area contributed by atoms with Crippen LogP contribution in [0.3, 0.4) is 0 Å². The molecular weight excluding hydrogens is 166 g/mol. The van der Waals surface area contributed by atoms with Gasteiger partial charge in [0.1, 0.15) is 0 Å². The van der Waals surface area contributed by atoms with Crippen molar-refractivity contribution in [1.82, 2.24) is 4.90 Å². The first kappa shape index (κ1) is 8.85. The SMILES string of the molecule is COC(=O)N1C2CCC1CC(C)C2. The molecule has 13 heavy (non-hydrogen) atoms. The predicted octanol–water partition coefficient (Wildman–Crippen LogP) is 2.02. The van der Waals surface area contributed by atoms with Crippen LogP contribution in [0.25, 0.3) is 0 Å². The second-order valence-electron chi connectivity index (χ2n) is 4.34. The summed E-state index contributed by atoms with van der Waals surface area (Å²) in [6.45, 7) is 2.28. The van der Waals surface area contributed by atoms with Gasteiger partial charge in [-0.25, -0.2) is 4.79 Å². The summed E-state index contributed by atoms with van der Waals surface area (Å²) >= 11 is 0. The third kappa shape index (κ3) is 1.40. The first-order valence-electron chi connectivity index (χ1n) is 5.08. The van der Waals surface area contributed by atoms with Crippen LogP contribution >= 0.6 is 0 Å². The lowest BCUT2D eigenvalue weighted by atomic mass is 9.93. The Morgan fingerprint density at radius 2 is 1.85 bits per heavy atom. The summed E-state index contributed by atoms with van der Waals surface area (Å²) < 4.78 is 4.79. The molecule has 74 valence electrons. The highest BCUT2D eigenvalue weighted by atomic mass is 16.5. The largest absolute Gasteiger partial charge is 0.453 e. The molecule has 2 fully saturated rings. The average molecular weight is 183 g/mol. The molecule has 0 N–H and O–H groups in total. The summed E-state index contributed by atoms with van der Waals surface area (Å²) in [5.74, 6) is 0.776. The zero-order valence-corrected chi connectivity index (χ0v) is 8.32. The van der Waals surface area contributed by atoms with Gasteiger partial charge in [0.15, 0.2) is 0 Å². The molecule has 3 nitrogen and oxygen atoms in total. The van der Waals surface area contributed by atoms with Crippen molar-refractivity contribution in [3.8, 4) is 0 Å². The van der Waals surface area contributed by atoms with E-state index in [4.69, 9.17) is 4.74 Å². The third-order valence-electron chi connectivity index (χ3n) is 3.35. The second kappa shape index (κ2) is 3.20. The quantitative estimate of drug-likeness (QED) is 0.575. The van der Waals surface area contributed by atoms with E-state index in [-0.39, 0.29) is 6.09 Å². The summed E-state index contributed by atoms with van der Waals surface area (Å²) in [4.78, 5) is 13.4. The molecule has 2 aliphatic rings. The molecule has 0 aliphatic carbocycles. The van der Waals surface area contributed by atoms with Crippen molar-refractivity contribution in [3.05, 3.63) is 0 Å². The monoisotopic (exact) mass is 183 g/mol. The fourth-order valence-corrected chi connectivity index (χ4v) is 2.85. The van der Waals surface area contributed by atoms with Crippen LogP contribution in [0.1, 0.15) is 32.6 Å². The van der Waals surface area contributed by atoms with Crippen LogP contribution in [0.15, 0.2) is 0 Å². The van der Waals surface area contributed by atoms with Gasteiger partial charge < -0.3 is 9.64 Å². The van der Waals surface area contributed by atoms with Crippen LogP contribution in [0.4, 0.5) is 4.79 Å². The molecule has 1 amide bonds. The second-order valence-corrected chi connectivity index (χ2v) is 4.34. The molecule has 0 aromatic heterocycles. The Morgan fingerprint density at radius 3 is 2.31 bits per heavy atom. The summed E-state index contributed by atoms with van der Waals surface area (Å²) in [7, 11) is 1.47. The first-order chi connectivity index (χ1) is 6.22. The predicted molar refractivity (Wildman–Crippen MR) is 49.5 cm³/mol. The van der Waals surface area contributed by atoms with Gasteiger partial charge in [-0.2, -0.15) is 0 Å². The number of piperidine rings is 1. The smallest absolute Gasteiger partial charge is 0.409 e. The van der Waals surface area contributed by atoms with Gasteiger partial charge in [-0.1, -0.05) is 6.92 Å². The molecule has 3 heteroatoms. The minimum Gasteiger partial charge on any atom is -0.453 e. The zero-order chi connectivity index (χ0) is 9.42. The van der Waals surface area contributed by atoms with Crippen LogP contribution in [0, 0.1) is 5.92 Å². The Labute approximate surface area is 79.0 Å². The third-order valence-corrected chi connectivity index (χ3v) is 3.35. The standard InChI is InChI=1S/C10H17NO2/c1-7-5-8-3-4-9(6-7)11(8)10(12)13-2/h7-9H,3-6H2,1-2H3. The molecule has 2 saturated heterocycles. The van der Waals surface area contributed by atoms with E-state index in [2.05, 4.69) is 6.92 Å². The number of methoxy groups -OCH3 is 1. The Kier molecular flexibility index (Phi) is 2.18. The molecule has 2 atom stereocenters. The number of carbonyl (C=O) groups is 1. The maximum atomic E-state index is 11.4. The van der Waals surface area contributed by atoms with Crippen molar-refractivity contribution in [2.24, 2.45) is 5.92 Å². The van der Waals surface area contributed by atoms with E-state index < -0.39 is 0 Å². The molecule has 0 aromatic carbocycles. The Bertz CT molecular complexity index is 203. The maximum Gasteiger partial charge on any atom is 0.409 e. The molecule has 2 rings (SSSR count). The normalized spacial score (nSPS) is 37.7. The number of carbonyl (C=O) groups excluding carboxylic acids is 1. The van der Waals surface area contributed by atoms with Gasteiger partial charge in [0, 0.05) is 12.1 Å². The van der Waals surface area contributed by atoms with Crippen LogP contribution in [-0.4, -0.2) is 30.2 Å². The first-order valence-corrected chi connectivity index (χ1v) is 5.08. The van der Waals surface area contributed by atoms with Gasteiger partial charge in [-0.05, 0) is 31.6 Å². The lowest BCUT2D eigenvalue weighted by Gasteiger charge is -2.36. The Morgan fingerprint density at radius 1 is 1.31 bits per heavy atom. The molecule has 2 aliphatic heterocycles. The van der Waals surface area contributed by atoms with Crippen LogP contribution < -0.4 is 0 Å². The van der Waals surface area contributed by atoms with Crippen molar-refractivity contribution in [3.63, 3.8) is 0 Å². The molecule has 0 radical (unpaired) electrons. The van der Waals surface area contributed by atoms with E-state index in [0.29, 0.717) is 12.1 Å². The Hall–Kier alpha value is -0.730. The fourth-order valence-electron chi connectivity index (χ4n) is 2.85. The van der Waals surface area contributed by atoms with Crippen molar-refractivity contribution >= 4 is 6.09 Å². The van der Waals surface area contributed by atoms with Gasteiger partial charge in [0.05, 0.1) is 7.11 Å². The van der Waals surface area contributed by atoms with Gasteiger partial charge in [-0.3, -0.25) is 0 Å². The van der Waals surface area contributed by atoms with Gasteiger partial charge in [-0.15, -0.1) is 0 Å². The van der Waals surface area contributed by atoms with E-state index >= 15 is 0 Å². The minimum atomic E-state index is -0.126. The average Bonchev–Trinajstić information content (AvgIpc) is 2.37. The van der Waals surface area contributed by atoms with Gasteiger partial charge in [0.2, 0.25) is 0 Å². The molecule has 2 unspecified atom stereocenters. The lowest BCUT2D eigenvalue weighted by Crippen LogP contribution is -2.46. The number of nitrogens with zero attached hydrogens (tertiary/aromatic N) is 1. The summed E-state index contributed by atoms with van der Waals surface area (Å²) in [5, 5.41) is 0. The summed E-state index contributed by atoms with van der Waals surface area (Å²) in [5.41, 5.74) is 0. The van der Waals surface area contributed by atoms with E-state index in [9.17, 15) is 4.79 Å². The van der Waals surface area contributed by atoms with E-state index in [1.54, 1.807) is 0 Å². The van der Waals surface area contributed by atoms with Crippen LogP contribution in [0.2, 0.25) is 0 Å².